The molecule has 99 valence electrons. The van der Waals surface area contributed by atoms with Gasteiger partial charge in [-0.1, -0.05) is 12.5 Å². The van der Waals surface area contributed by atoms with Crippen molar-refractivity contribution in [1.29, 1.82) is 0 Å². The zero-order valence-corrected chi connectivity index (χ0v) is 11.6. The molecule has 1 saturated carbocycles. The molecule has 2 rings (SSSR count). The quantitative estimate of drug-likeness (QED) is 0.683. The minimum Gasteiger partial charge on any atom is -0.493 e. The molecule has 1 fully saturated rings. The first-order chi connectivity index (χ1) is 8.77. The third-order valence-electron chi connectivity index (χ3n) is 3.66. The van der Waals surface area contributed by atoms with Gasteiger partial charge in [-0.2, -0.15) is 0 Å². The largest absolute Gasteiger partial charge is 0.493 e. The highest BCUT2D eigenvalue weighted by atomic mass is 16.5. The molecule has 0 amide bonds. The molecule has 2 heteroatoms. The van der Waals surface area contributed by atoms with Crippen LogP contribution in [0.2, 0.25) is 0 Å². The Kier molecular flexibility index (Phi) is 5.06. The van der Waals surface area contributed by atoms with Crippen LogP contribution in [-0.2, 0) is 0 Å². The van der Waals surface area contributed by atoms with Crippen molar-refractivity contribution < 1.29 is 4.74 Å². The van der Waals surface area contributed by atoms with E-state index in [2.05, 4.69) is 37.2 Å². The SMILES string of the molecule is CN(C)CCCCOc1cc[c]cc1C1CCC1. The molecule has 1 aromatic carbocycles. The average Bonchev–Trinajstić information content (AvgIpc) is 2.28. The van der Waals surface area contributed by atoms with Crippen molar-refractivity contribution in [2.24, 2.45) is 0 Å². The lowest BCUT2D eigenvalue weighted by Crippen LogP contribution is -2.14. The summed E-state index contributed by atoms with van der Waals surface area (Å²) >= 11 is 0. The highest BCUT2D eigenvalue weighted by Crippen LogP contribution is 2.40. The second kappa shape index (κ2) is 6.79. The highest BCUT2D eigenvalue weighted by molar-refractivity contribution is 5.36. The standard InChI is InChI=1S/C16H24NO/c1-17(2)12-5-6-13-18-16-11-4-3-10-15(16)14-8-7-9-14/h4,10-11,14H,5-9,12-13H2,1-2H3. The monoisotopic (exact) mass is 246 g/mol. The highest BCUT2D eigenvalue weighted by Gasteiger charge is 2.22. The van der Waals surface area contributed by atoms with E-state index in [1.165, 1.54) is 31.2 Å². The van der Waals surface area contributed by atoms with E-state index in [0.717, 1.165) is 31.2 Å². The second-order valence-corrected chi connectivity index (χ2v) is 5.45. The Morgan fingerprint density at radius 3 is 2.83 bits per heavy atom. The predicted molar refractivity (Wildman–Crippen MR) is 75.2 cm³/mol. The number of unbranched alkanes of at least 4 members (excludes halogenated alkanes) is 1. The summed E-state index contributed by atoms with van der Waals surface area (Å²) < 4.78 is 5.94. The average molecular weight is 246 g/mol. The zero-order valence-electron chi connectivity index (χ0n) is 11.6. The van der Waals surface area contributed by atoms with E-state index >= 15 is 0 Å². The molecule has 0 atom stereocenters. The van der Waals surface area contributed by atoms with Crippen molar-refractivity contribution in [2.45, 2.75) is 38.0 Å². The Morgan fingerprint density at radius 2 is 2.17 bits per heavy atom. The molecule has 0 aromatic heterocycles. The van der Waals surface area contributed by atoms with Crippen LogP contribution in [0.3, 0.4) is 0 Å². The maximum atomic E-state index is 5.94. The molecule has 0 aliphatic heterocycles. The van der Waals surface area contributed by atoms with Gasteiger partial charge in [0, 0.05) is 0 Å². The summed E-state index contributed by atoms with van der Waals surface area (Å²) in [4.78, 5) is 2.22. The van der Waals surface area contributed by atoms with E-state index in [1.807, 2.05) is 6.07 Å². The molecule has 1 aromatic rings. The number of rotatable bonds is 7. The lowest BCUT2D eigenvalue weighted by Gasteiger charge is -2.27. The molecule has 0 bridgehead atoms. The third-order valence-corrected chi connectivity index (χ3v) is 3.66. The molecule has 0 heterocycles. The first-order valence-corrected chi connectivity index (χ1v) is 7.05. The van der Waals surface area contributed by atoms with Crippen molar-refractivity contribution in [3.8, 4) is 5.75 Å². The Labute approximate surface area is 111 Å². The van der Waals surface area contributed by atoms with Crippen LogP contribution in [0.15, 0.2) is 18.2 Å². The van der Waals surface area contributed by atoms with E-state index < -0.39 is 0 Å². The maximum absolute atomic E-state index is 5.94. The van der Waals surface area contributed by atoms with Gasteiger partial charge in [0.15, 0.2) is 0 Å². The van der Waals surface area contributed by atoms with Crippen molar-refractivity contribution in [2.75, 3.05) is 27.2 Å². The fraction of sp³-hybridized carbons (Fsp3) is 0.625. The summed E-state index contributed by atoms with van der Waals surface area (Å²) in [5.41, 5.74) is 1.37. The summed E-state index contributed by atoms with van der Waals surface area (Å²) in [6.07, 6.45) is 6.32. The molecule has 1 aliphatic rings. The number of hydrogen-bond acceptors (Lipinski definition) is 2. The van der Waals surface area contributed by atoms with Gasteiger partial charge in [-0.05, 0) is 76.0 Å². The van der Waals surface area contributed by atoms with Gasteiger partial charge in [-0.25, -0.2) is 0 Å². The molecule has 2 nitrogen and oxygen atoms in total. The normalized spacial score (nSPS) is 15.7. The van der Waals surface area contributed by atoms with Crippen LogP contribution in [0.1, 0.15) is 43.6 Å². The minimum absolute atomic E-state index is 0.722. The molecular formula is C16H24NO. The van der Waals surface area contributed by atoms with Gasteiger partial charge in [0.05, 0.1) is 6.61 Å². The Balaban J connectivity index is 1.78. The van der Waals surface area contributed by atoms with Crippen molar-refractivity contribution in [1.82, 2.24) is 4.90 Å². The van der Waals surface area contributed by atoms with Crippen LogP contribution >= 0.6 is 0 Å². The summed E-state index contributed by atoms with van der Waals surface area (Å²) in [5, 5.41) is 0. The van der Waals surface area contributed by atoms with Crippen LogP contribution < -0.4 is 4.74 Å². The number of benzene rings is 1. The molecule has 0 spiro atoms. The zero-order chi connectivity index (χ0) is 12.8. The molecule has 1 aliphatic carbocycles. The van der Waals surface area contributed by atoms with Gasteiger partial charge in [0.1, 0.15) is 5.75 Å². The van der Waals surface area contributed by atoms with Gasteiger partial charge in [0.2, 0.25) is 0 Å². The topological polar surface area (TPSA) is 12.5 Å². The van der Waals surface area contributed by atoms with Crippen molar-refractivity contribution in [3.05, 3.63) is 29.8 Å². The summed E-state index contributed by atoms with van der Waals surface area (Å²) in [5.74, 6) is 1.81. The Hall–Kier alpha value is -1.02. The molecule has 0 N–H and O–H groups in total. The van der Waals surface area contributed by atoms with Crippen LogP contribution in [0, 0.1) is 6.07 Å². The molecule has 1 radical (unpaired) electrons. The lowest BCUT2D eigenvalue weighted by atomic mass is 9.80. The van der Waals surface area contributed by atoms with E-state index in [1.54, 1.807) is 0 Å². The summed E-state index contributed by atoms with van der Waals surface area (Å²) in [6, 6.07) is 9.32. The fourth-order valence-electron chi connectivity index (χ4n) is 2.31. The Morgan fingerprint density at radius 1 is 1.33 bits per heavy atom. The maximum Gasteiger partial charge on any atom is 0.122 e. The fourth-order valence-corrected chi connectivity index (χ4v) is 2.31. The van der Waals surface area contributed by atoms with Crippen LogP contribution in [0.25, 0.3) is 0 Å². The summed E-state index contributed by atoms with van der Waals surface area (Å²) in [7, 11) is 4.23. The van der Waals surface area contributed by atoms with Gasteiger partial charge in [0.25, 0.3) is 0 Å². The van der Waals surface area contributed by atoms with E-state index in [-0.39, 0.29) is 0 Å². The lowest BCUT2D eigenvalue weighted by molar-refractivity contribution is 0.284. The third kappa shape index (κ3) is 3.74. The van der Waals surface area contributed by atoms with Gasteiger partial charge < -0.3 is 9.64 Å². The first-order valence-electron chi connectivity index (χ1n) is 7.05. The second-order valence-electron chi connectivity index (χ2n) is 5.45. The molecule has 18 heavy (non-hydrogen) atoms. The molecule has 0 saturated heterocycles. The van der Waals surface area contributed by atoms with Gasteiger partial charge in [-0.15, -0.1) is 0 Å². The number of nitrogens with zero attached hydrogens (tertiary/aromatic N) is 1. The first kappa shape index (κ1) is 13.4. The van der Waals surface area contributed by atoms with Gasteiger partial charge in [-0.3, -0.25) is 0 Å². The minimum atomic E-state index is 0.722. The van der Waals surface area contributed by atoms with E-state index in [4.69, 9.17) is 4.74 Å². The van der Waals surface area contributed by atoms with Crippen LogP contribution in [0.4, 0.5) is 0 Å². The Bertz CT molecular complexity index is 358. The number of ether oxygens (including phenoxy) is 1. The van der Waals surface area contributed by atoms with Crippen LogP contribution in [-0.4, -0.2) is 32.1 Å². The molecule has 0 unspecified atom stereocenters. The van der Waals surface area contributed by atoms with Crippen molar-refractivity contribution in [3.63, 3.8) is 0 Å². The van der Waals surface area contributed by atoms with E-state index in [0.29, 0.717) is 0 Å². The van der Waals surface area contributed by atoms with E-state index in [9.17, 15) is 0 Å². The summed E-state index contributed by atoms with van der Waals surface area (Å²) in [6.45, 7) is 1.97. The predicted octanol–water partition coefficient (Wildman–Crippen LogP) is 3.47. The van der Waals surface area contributed by atoms with Crippen LogP contribution in [0.5, 0.6) is 5.75 Å². The van der Waals surface area contributed by atoms with Crippen molar-refractivity contribution >= 4 is 0 Å². The smallest absolute Gasteiger partial charge is 0.122 e. The van der Waals surface area contributed by atoms with Gasteiger partial charge >= 0.3 is 0 Å². The molecular weight excluding hydrogens is 222 g/mol. The number of hydrogen-bond donors (Lipinski definition) is 0.